The van der Waals surface area contributed by atoms with Crippen molar-refractivity contribution in [3.8, 4) is 0 Å². The van der Waals surface area contributed by atoms with Gasteiger partial charge >= 0.3 is 17.9 Å². The van der Waals surface area contributed by atoms with E-state index in [-0.39, 0.29) is 0 Å². The van der Waals surface area contributed by atoms with Crippen molar-refractivity contribution in [3.63, 3.8) is 0 Å². The lowest BCUT2D eigenvalue weighted by Crippen LogP contribution is -2.49. The topological polar surface area (TPSA) is 116 Å². The molecule has 0 spiro atoms. The first-order valence-corrected chi connectivity index (χ1v) is 5.88. The minimum atomic E-state index is -1.70. The third-order valence-corrected chi connectivity index (χ3v) is 2.20. The number of carbonyl (C=O) groups is 4. The van der Waals surface area contributed by atoms with E-state index in [2.05, 4.69) is 4.74 Å². The normalized spacial score (nSPS) is 14.7. The number of ether oxygens (including phenoxy) is 3. The summed E-state index contributed by atoms with van der Waals surface area (Å²) in [6, 6.07) is 0. The second-order valence-corrected chi connectivity index (χ2v) is 4.11. The fraction of sp³-hybridized carbons (Fsp3) is 0.636. The monoisotopic (exact) mass is 310 g/mol. The van der Waals surface area contributed by atoms with Crippen LogP contribution in [0.3, 0.4) is 0 Å². The summed E-state index contributed by atoms with van der Waals surface area (Å²) >= 11 is 5.27. The molecule has 3 atom stereocenters. The van der Waals surface area contributed by atoms with Gasteiger partial charge in [0.2, 0.25) is 6.10 Å². The molecule has 0 fully saturated rings. The van der Waals surface area contributed by atoms with E-state index >= 15 is 0 Å². The van der Waals surface area contributed by atoms with Crippen LogP contribution in [-0.2, 0) is 33.4 Å². The van der Waals surface area contributed by atoms with Gasteiger partial charge in [0.05, 0.1) is 6.61 Å². The number of hydrogen-bond donors (Lipinski definition) is 1. The molecular formula is C11H15ClO8. The molecule has 0 saturated carbocycles. The number of aliphatic hydroxyl groups excluding tert-OH is 1. The molecule has 1 N–H and O–H groups in total. The molecule has 0 unspecified atom stereocenters. The maximum absolute atomic E-state index is 11.3. The number of aliphatic hydroxyl groups is 1. The van der Waals surface area contributed by atoms with E-state index in [0.29, 0.717) is 0 Å². The van der Waals surface area contributed by atoms with Gasteiger partial charge in [0.15, 0.2) is 12.2 Å². The maximum Gasteiger partial charge on any atom is 0.303 e. The molecule has 0 aromatic heterocycles. The number of carbonyl (C=O) groups excluding carboxylic acids is 4. The Kier molecular flexibility index (Phi) is 7.78. The smallest absolute Gasteiger partial charge is 0.303 e. The van der Waals surface area contributed by atoms with Crippen molar-refractivity contribution in [2.24, 2.45) is 0 Å². The van der Waals surface area contributed by atoms with Gasteiger partial charge in [0, 0.05) is 20.8 Å². The molecule has 0 aromatic carbocycles. The summed E-state index contributed by atoms with van der Waals surface area (Å²) in [4.78, 5) is 44.2. The minimum absolute atomic E-state index is 0.764. The Morgan fingerprint density at radius 3 is 1.70 bits per heavy atom. The van der Waals surface area contributed by atoms with Crippen molar-refractivity contribution in [2.75, 3.05) is 6.61 Å². The van der Waals surface area contributed by atoms with Crippen LogP contribution in [0.1, 0.15) is 20.8 Å². The Morgan fingerprint density at radius 1 is 0.950 bits per heavy atom. The quantitative estimate of drug-likeness (QED) is 0.381. The van der Waals surface area contributed by atoms with Crippen molar-refractivity contribution in [2.45, 2.75) is 39.1 Å². The third kappa shape index (κ3) is 6.48. The van der Waals surface area contributed by atoms with Crippen molar-refractivity contribution < 1.29 is 38.5 Å². The molecule has 0 aromatic rings. The number of esters is 3. The number of rotatable bonds is 7. The van der Waals surface area contributed by atoms with Gasteiger partial charge in [-0.25, -0.2) is 0 Å². The fourth-order valence-electron chi connectivity index (χ4n) is 1.37. The first kappa shape index (κ1) is 18.3. The Hall–Kier alpha value is -1.67. The number of halogens is 1. The highest BCUT2D eigenvalue weighted by atomic mass is 35.5. The SMILES string of the molecule is CC(=O)O[C@H]([C@@H](CO)OC(C)=O)[C@@H](OC(C)=O)C(=O)Cl. The summed E-state index contributed by atoms with van der Waals surface area (Å²) in [7, 11) is 0. The zero-order chi connectivity index (χ0) is 15.9. The van der Waals surface area contributed by atoms with E-state index in [1.54, 1.807) is 0 Å². The standard InChI is InChI=1S/C11H15ClO8/c1-5(14)18-8(4-13)9(19-6(2)15)10(11(12)17)20-7(3)16/h8-10,13H,4H2,1-3H3/t8-,9-,10-/m1/s1. The van der Waals surface area contributed by atoms with Crippen LogP contribution in [-0.4, -0.2) is 53.2 Å². The van der Waals surface area contributed by atoms with Crippen LogP contribution < -0.4 is 0 Å². The molecule has 0 radical (unpaired) electrons. The lowest BCUT2D eigenvalue weighted by molar-refractivity contribution is -0.186. The molecule has 0 aliphatic rings. The van der Waals surface area contributed by atoms with E-state index in [9.17, 15) is 19.2 Å². The molecule has 9 heteroatoms. The second kappa shape index (κ2) is 8.49. The van der Waals surface area contributed by atoms with E-state index in [0.717, 1.165) is 20.8 Å². The molecule has 114 valence electrons. The molecule has 0 bridgehead atoms. The second-order valence-electron chi connectivity index (χ2n) is 3.74. The third-order valence-electron chi connectivity index (χ3n) is 1.98. The zero-order valence-corrected chi connectivity index (χ0v) is 11.9. The Bertz CT molecular complexity index is 394. The average molecular weight is 311 g/mol. The van der Waals surface area contributed by atoms with E-state index < -0.39 is 48.1 Å². The Labute approximate surface area is 119 Å². The summed E-state index contributed by atoms with van der Waals surface area (Å²) in [5, 5.41) is 8.02. The van der Waals surface area contributed by atoms with Gasteiger partial charge in [0.1, 0.15) is 0 Å². The predicted molar refractivity (Wildman–Crippen MR) is 64.6 cm³/mol. The lowest BCUT2D eigenvalue weighted by Gasteiger charge is -2.28. The molecule has 0 rings (SSSR count). The highest BCUT2D eigenvalue weighted by molar-refractivity contribution is 6.64. The van der Waals surface area contributed by atoms with Gasteiger partial charge < -0.3 is 19.3 Å². The fourth-order valence-corrected chi connectivity index (χ4v) is 1.54. The molecule has 0 heterocycles. The molecular weight excluding hydrogens is 296 g/mol. The maximum atomic E-state index is 11.3. The summed E-state index contributed by atoms with van der Waals surface area (Å²) in [6.07, 6.45) is -4.65. The van der Waals surface area contributed by atoms with Gasteiger partial charge in [-0.3, -0.25) is 19.2 Å². The Balaban J connectivity index is 5.33. The zero-order valence-electron chi connectivity index (χ0n) is 11.1. The molecule has 20 heavy (non-hydrogen) atoms. The van der Waals surface area contributed by atoms with E-state index in [1.807, 2.05) is 0 Å². The van der Waals surface area contributed by atoms with Crippen LogP contribution in [0.25, 0.3) is 0 Å². The van der Waals surface area contributed by atoms with Crippen LogP contribution in [0.4, 0.5) is 0 Å². The van der Waals surface area contributed by atoms with Crippen molar-refractivity contribution in [3.05, 3.63) is 0 Å². The predicted octanol–water partition coefficient (Wildman–Crippen LogP) is -0.461. The van der Waals surface area contributed by atoms with E-state index in [1.165, 1.54) is 0 Å². The van der Waals surface area contributed by atoms with Gasteiger partial charge in [-0.05, 0) is 11.6 Å². The molecule has 8 nitrogen and oxygen atoms in total. The average Bonchev–Trinajstić information content (AvgIpc) is 2.29. The molecule has 0 aliphatic heterocycles. The van der Waals surface area contributed by atoms with Gasteiger partial charge in [0.25, 0.3) is 5.24 Å². The first-order valence-electron chi connectivity index (χ1n) is 5.50. The molecule has 0 amide bonds. The van der Waals surface area contributed by atoms with Crippen LogP contribution in [0.2, 0.25) is 0 Å². The minimum Gasteiger partial charge on any atom is -0.456 e. The van der Waals surface area contributed by atoms with Gasteiger partial charge in [-0.2, -0.15) is 0 Å². The largest absolute Gasteiger partial charge is 0.456 e. The van der Waals surface area contributed by atoms with Gasteiger partial charge in [-0.15, -0.1) is 0 Å². The van der Waals surface area contributed by atoms with E-state index in [4.69, 9.17) is 26.2 Å². The lowest BCUT2D eigenvalue weighted by atomic mass is 10.1. The van der Waals surface area contributed by atoms with Crippen LogP contribution in [0.5, 0.6) is 0 Å². The van der Waals surface area contributed by atoms with Crippen LogP contribution in [0.15, 0.2) is 0 Å². The first-order chi connectivity index (χ1) is 9.18. The Morgan fingerprint density at radius 2 is 1.40 bits per heavy atom. The highest BCUT2D eigenvalue weighted by Crippen LogP contribution is 2.16. The van der Waals surface area contributed by atoms with Crippen LogP contribution >= 0.6 is 11.6 Å². The number of hydrogen-bond acceptors (Lipinski definition) is 8. The van der Waals surface area contributed by atoms with Gasteiger partial charge in [-0.1, -0.05) is 0 Å². The summed E-state index contributed by atoms with van der Waals surface area (Å²) in [6.45, 7) is 2.33. The molecule has 0 saturated heterocycles. The summed E-state index contributed by atoms with van der Waals surface area (Å²) in [5.74, 6) is -2.49. The summed E-state index contributed by atoms with van der Waals surface area (Å²) < 4.78 is 14.1. The van der Waals surface area contributed by atoms with Crippen molar-refractivity contribution in [1.29, 1.82) is 0 Å². The van der Waals surface area contributed by atoms with Crippen molar-refractivity contribution in [1.82, 2.24) is 0 Å². The summed E-state index contributed by atoms with van der Waals surface area (Å²) in [5.41, 5.74) is 0. The highest BCUT2D eigenvalue weighted by Gasteiger charge is 2.40. The van der Waals surface area contributed by atoms with Crippen molar-refractivity contribution >= 4 is 34.8 Å². The van der Waals surface area contributed by atoms with Crippen LogP contribution in [0, 0.1) is 0 Å². The molecule has 0 aliphatic carbocycles.